The van der Waals surface area contributed by atoms with Crippen molar-refractivity contribution in [3.8, 4) is 0 Å². The zero-order valence-electron chi connectivity index (χ0n) is 15.3. The second-order valence-electron chi connectivity index (χ2n) is 6.86. The van der Waals surface area contributed by atoms with Crippen molar-refractivity contribution < 1.29 is 9.53 Å². The number of likely N-dealkylation sites (N-methyl/N-ethyl adjacent to an activating group) is 1. The first-order valence-corrected chi connectivity index (χ1v) is 8.04. The molecule has 0 heterocycles. The molecule has 0 aromatic heterocycles. The van der Waals surface area contributed by atoms with Crippen LogP contribution in [-0.2, 0) is 4.74 Å². The number of nitrogens with one attached hydrogen (secondary N) is 2. The Hall–Kier alpha value is -1.46. The first-order valence-electron chi connectivity index (χ1n) is 8.04. The van der Waals surface area contributed by atoms with Crippen LogP contribution < -0.4 is 10.6 Å². The Kier molecular flexibility index (Phi) is 9.61. The highest BCUT2D eigenvalue weighted by molar-refractivity contribution is 5.79. The van der Waals surface area contributed by atoms with Gasteiger partial charge in [0.2, 0.25) is 0 Å². The summed E-state index contributed by atoms with van der Waals surface area (Å²) in [4.78, 5) is 17.5. The fourth-order valence-electron chi connectivity index (χ4n) is 1.71. The Morgan fingerprint density at radius 1 is 1.23 bits per heavy atom. The number of ether oxygens (including phenoxy) is 1. The van der Waals surface area contributed by atoms with Crippen molar-refractivity contribution in [3.63, 3.8) is 0 Å². The number of rotatable bonds is 7. The van der Waals surface area contributed by atoms with Crippen LogP contribution in [0.2, 0.25) is 0 Å². The maximum absolute atomic E-state index is 11.8. The molecule has 22 heavy (non-hydrogen) atoms. The van der Waals surface area contributed by atoms with Crippen LogP contribution in [0.25, 0.3) is 0 Å². The van der Waals surface area contributed by atoms with E-state index in [-0.39, 0.29) is 6.09 Å². The van der Waals surface area contributed by atoms with Gasteiger partial charge in [-0.3, -0.25) is 4.99 Å². The van der Waals surface area contributed by atoms with Crippen LogP contribution in [-0.4, -0.2) is 56.3 Å². The number of nitrogens with zero attached hydrogens (tertiary/aromatic N) is 2. The van der Waals surface area contributed by atoms with Gasteiger partial charge in [0.15, 0.2) is 5.96 Å². The molecular weight excluding hydrogens is 280 g/mol. The topological polar surface area (TPSA) is 66.0 Å². The van der Waals surface area contributed by atoms with Crippen molar-refractivity contribution in [3.05, 3.63) is 0 Å². The molecule has 0 aliphatic carbocycles. The molecule has 130 valence electrons. The Morgan fingerprint density at radius 2 is 1.82 bits per heavy atom. The predicted molar refractivity (Wildman–Crippen MR) is 92.3 cm³/mol. The zero-order valence-corrected chi connectivity index (χ0v) is 15.3. The van der Waals surface area contributed by atoms with Gasteiger partial charge in [0.05, 0.1) is 0 Å². The predicted octanol–water partition coefficient (Wildman–Crippen LogP) is 2.45. The molecule has 0 rings (SSSR count). The van der Waals surface area contributed by atoms with Crippen molar-refractivity contribution in [1.82, 2.24) is 15.5 Å². The maximum Gasteiger partial charge on any atom is 0.410 e. The number of carbonyl (C=O) groups excluding carboxylic acids is 1. The normalized spacial score (nSPS) is 12.3. The lowest BCUT2D eigenvalue weighted by Crippen LogP contribution is -2.43. The number of hydrogen-bond acceptors (Lipinski definition) is 3. The summed E-state index contributed by atoms with van der Waals surface area (Å²) in [5, 5.41) is 6.47. The quantitative estimate of drug-likeness (QED) is 0.430. The molecule has 0 saturated carbocycles. The molecule has 0 aromatic rings. The van der Waals surface area contributed by atoms with E-state index in [1.54, 1.807) is 19.0 Å². The van der Waals surface area contributed by atoms with E-state index in [1.807, 2.05) is 20.8 Å². The van der Waals surface area contributed by atoms with Gasteiger partial charge in [0.25, 0.3) is 0 Å². The zero-order chi connectivity index (χ0) is 17.2. The third-order valence-corrected chi connectivity index (χ3v) is 2.92. The van der Waals surface area contributed by atoms with E-state index in [2.05, 4.69) is 29.5 Å². The van der Waals surface area contributed by atoms with Gasteiger partial charge in [-0.15, -0.1) is 0 Å². The molecule has 0 saturated heterocycles. The van der Waals surface area contributed by atoms with Gasteiger partial charge in [0.1, 0.15) is 5.60 Å². The Bertz CT molecular complexity index is 349. The molecule has 6 heteroatoms. The summed E-state index contributed by atoms with van der Waals surface area (Å²) in [5.74, 6) is 1.49. The lowest BCUT2D eigenvalue weighted by Gasteiger charge is -2.24. The van der Waals surface area contributed by atoms with Gasteiger partial charge in [-0.05, 0) is 39.5 Å². The van der Waals surface area contributed by atoms with Crippen LogP contribution in [0.1, 0.15) is 47.5 Å². The largest absolute Gasteiger partial charge is 0.444 e. The molecule has 0 spiro atoms. The minimum Gasteiger partial charge on any atom is -0.444 e. The average Bonchev–Trinajstić information content (AvgIpc) is 2.38. The number of guanidine groups is 1. The van der Waals surface area contributed by atoms with E-state index >= 15 is 0 Å². The molecule has 0 unspecified atom stereocenters. The van der Waals surface area contributed by atoms with Crippen molar-refractivity contribution in [2.45, 2.75) is 53.1 Å². The number of aliphatic imine (C=N–C) groups is 1. The summed E-state index contributed by atoms with van der Waals surface area (Å²) in [6.45, 7) is 12.1. The van der Waals surface area contributed by atoms with Gasteiger partial charge < -0.3 is 20.3 Å². The van der Waals surface area contributed by atoms with Crippen molar-refractivity contribution in [1.29, 1.82) is 0 Å². The lowest BCUT2D eigenvalue weighted by atomic mass is 10.1. The molecule has 0 fully saturated rings. The molecule has 0 aliphatic rings. The fraction of sp³-hybridized carbons (Fsp3) is 0.875. The highest BCUT2D eigenvalue weighted by Gasteiger charge is 2.19. The number of amides is 1. The number of hydrogen-bond donors (Lipinski definition) is 2. The summed E-state index contributed by atoms with van der Waals surface area (Å²) in [5.41, 5.74) is -0.465. The van der Waals surface area contributed by atoms with Gasteiger partial charge in [-0.25, -0.2) is 4.79 Å². The average molecular weight is 314 g/mol. The number of carbonyl (C=O) groups is 1. The highest BCUT2D eigenvalue weighted by atomic mass is 16.6. The summed E-state index contributed by atoms with van der Waals surface area (Å²) in [6.07, 6.45) is 2.01. The highest BCUT2D eigenvalue weighted by Crippen LogP contribution is 2.08. The summed E-state index contributed by atoms with van der Waals surface area (Å²) in [6, 6.07) is 0. The van der Waals surface area contributed by atoms with Crippen LogP contribution in [0.5, 0.6) is 0 Å². The van der Waals surface area contributed by atoms with Crippen LogP contribution in [0.3, 0.4) is 0 Å². The Balaban J connectivity index is 3.93. The van der Waals surface area contributed by atoms with Crippen LogP contribution in [0.15, 0.2) is 4.99 Å². The molecule has 2 N–H and O–H groups in total. The van der Waals surface area contributed by atoms with Gasteiger partial charge in [0, 0.05) is 33.7 Å². The van der Waals surface area contributed by atoms with E-state index in [0.717, 1.165) is 24.8 Å². The molecule has 1 amide bonds. The summed E-state index contributed by atoms with van der Waals surface area (Å²) >= 11 is 0. The standard InChI is InChI=1S/C16H34N4O2/c1-13(2)9-8-10-18-14(17-6)19-11-12-20(7)15(21)22-16(3,4)5/h13H,8-12H2,1-7H3,(H2,17,18,19). The molecule has 0 radical (unpaired) electrons. The van der Waals surface area contributed by atoms with E-state index in [0.29, 0.717) is 13.1 Å². The van der Waals surface area contributed by atoms with Gasteiger partial charge in [-0.1, -0.05) is 13.8 Å². The monoisotopic (exact) mass is 314 g/mol. The smallest absolute Gasteiger partial charge is 0.410 e. The first kappa shape index (κ1) is 20.5. The molecular formula is C16H34N4O2. The summed E-state index contributed by atoms with van der Waals surface area (Å²) < 4.78 is 5.30. The lowest BCUT2D eigenvalue weighted by molar-refractivity contribution is 0.0302. The maximum atomic E-state index is 11.8. The molecule has 6 nitrogen and oxygen atoms in total. The minimum atomic E-state index is -0.465. The van der Waals surface area contributed by atoms with Crippen LogP contribution in [0, 0.1) is 5.92 Å². The minimum absolute atomic E-state index is 0.311. The second-order valence-corrected chi connectivity index (χ2v) is 6.86. The Morgan fingerprint density at radius 3 is 2.32 bits per heavy atom. The van der Waals surface area contributed by atoms with Crippen molar-refractivity contribution in [2.24, 2.45) is 10.9 Å². The van der Waals surface area contributed by atoms with Crippen LogP contribution >= 0.6 is 0 Å². The van der Waals surface area contributed by atoms with E-state index < -0.39 is 5.60 Å². The third-order valence-electron chi connectivity index (χ3n) is 2.92. The first-order chi connectivity index (χ1) is 10.2. The molecule has 0 aliphatic heterocycles. The molecule has 0 bridgehead atoms. The van der Waals surface area contributed by atoms with E-state index in [4.69, 9.17) is 4.74 Å². The third kappa shape index (κ3) is 11.2. The van der Waals surface area contributed by atoms with E-state index in [1.165, 1.54) is 6.42 Å². The molecule has 0 aromatic carbocycles. The fourth-order valence-corrected chi connectivity index (χ4v) is 1.71. The Labute approximate surface area is 135 Å². The van der Waals surface area contributed by atoms with Gasteiger partial charge >= 0.3 is 6.09 Å². The van der Waals surface area contributed by atoms with E-state index in [9.17, 15) is 4.79 Å². The van der Waals surface area contributed by atoms with Crippen molar-refractivity contribution in [2.75, 3.05) is 33.7 Å². The SMILES string of the molecule is CN=C(NCCCC(C)C)NCCN(C)C(=O)OC(C)(C)C. The van der Waals surface area contributed by atoms with Gasteiger partial charge in [-0.2, -0.15) is 0 Å². The summed E-state index contributed by atoms with van der Waals surface area (Å²) in [7, 11) is 3.48. The van der Waals surface area contributed by atoms with Crippen LogP contribution in [0.4, 0.5) is 4.79 Å². The second kappa shape index (κ2) is 10.3. The van der Waals surface area contributed by atoms with Crippen molar-refractivity contribution >= 4 is 12.1 Å². The molecule has 0 atom stereocenters.